The molecule has 0 aliphatic carbocycles. The van der Waals surface area contributed by atoms with Crippen LogP contribution in [0.5, 0.6) is 0 Å². The zero-order chi connectivity index (χ0) is 36.6. The molecule has 0 unspecified atom stereocenters. The van der Waals surface area contributed by atoms with Crippen molar-refractivity contribution in [3.63, 3.8) is 0 Å². The predicted molar refractivity (Wildman–Crippen MR) is 236 cm³/mol. The Morgan fingerprint density at radius 2 is 0.839 bits per heavy atom. The molecule has 4 aliphatic rings. The minimum Gasteiger partial charge on any atom is -0.310 e. The molecule has 4 aliphatic heterocycles. The summed E-state index contributed by atoms with van der Waals surface area (Å²) in [5, 5.41) is 8.49. The van der Waals surface area contributed by atoms with Crippen molar-refractivity contribution in [2.24, 2.45) is 0 Å². The van der Waals surface area contributed by atoms with Crippen molar-refractivity contribution in [1.82, 2.24) is 0 Å². The van der Waals surface area contributed by atoms with E-state index in [1.807, 2.05) is 11.8 Å². The monoisotopic (exact) mass is 743 g/mol. The maximum absolute atomic E-state index is 2.64. The van der Waals surface area contributed by atoms with E-state index in [2.05, 4.69) is 205 Å². The van der Waals surface area contributed by atoms with Crippen LogP contribution >= 0.6 is 11.8 Å². The molecule has 56 heavy (non-hydrogen) atoms. The Morgan fingerprint density at radius 3 is 1.46 bits per heavy atom. The van der Waals surface area contributed by atoms with Crippen LogP contribution < -0.4 is 25.6 Å². The molecule has 0 aromatic heterocycles. The Kier molecular flexibility index (Phi) is 6.12. The minimum atomic E-state index is -2.64. The van der Waals surface area contributed by atoms with E-state index in [1.54, 1.807) is 0 Å². The van der Waals surface area contributed by atoms with Gasteiger partial charge in [0.15, 0.2) is 8.07 Å². The van der Waals surface area contributed by atoms with Crippen molar-refractivity contribution < 1.29 is 0 Å². The van der Waals surface area contributed by atoms with Gasteiger partial charge in [0.1, 0.15) is 0 Å². The molecule has 0 saturated heterocycles. The van der Waals surface area contributed by atoms with Crippen LogP contribution in [0.2, 0.25) is 0 Å². The Bertz CT molecular complexity index is 3050. The summed E-state index contributed by atoms with van der Waals surface area (Å²) >= 11 is 1.90. The molecule has 3 heteroatoms. The van der Waals surface area contributed by atoms with Crippen LogP contribution in [0.4, 0.5) is 17.1 Å². The SMILES string of the molecule is c1ccc2c(c1)Sc1ccccc1C21c2ccccc2N(c2ccc3c(c2)[Si]2(c4ccccc4-c4ccccc42)c2ccccc2-3)c2cc3ccccc3cc21. The average Bonchev–Trinajstić information content (AvgIpc) is 3.73. The van der Waals surface area contributed by atoms with Crippen molar-refractivity contribution in [1.29, 1.82) is 0 Å². The van der Waals surface area contributed by atoms with Gasteiger partial charge in [-0.3, -0.25) is 0 Å². The zero-order valence-corrected chi connectivity index (χ0v) is 32.2. The number of benzene rings is 9. The molecular weight excluding hydrogens is 711 g/mol. The normalized spacial score (nSPS) is 15.3. The van der Waals surface area contributed by atoms with E-state index in [0.29, 0.717) is 0 Å². The van der Waals surface area contributed by atoms with Gasteiger partial charge in [-0.25, -0.2) is 0 Å². The van der Waals surface area contributed by atoms with Crippen LogP contribution in [0, 0.1) is 0 Å². The molecule has 0 N–H and O–H groups in total. The van der Waals surface area contributed by atoms with Crippen LogP contribution in [0.1, 0.15) is 22.3 Å². The lowest BCUT2D eigenvalue weighted by molar-refractivity contribution is 0.693. The summed E-state index contributed by atoms with van der Waals surface area (Å²) in [7, 11) is -2.64. The summed E-state index contributed by atoms with van der Waals surface area (Å²) in [6.45, 7) is 0. The molecule has 0 amide bonds. The second kappa shape index (κ2) is 11.1. The smallest absolute Gasteiger partial charge is 0.182 e. The lowest BCUT2D eigenvalue weighted by Gasteiger charge is -2.49. The Balaban J connectivity index is 1.15. The molecule has 1 nitrogen and oxygen atoms in total. The Hall–Kier alpha value is -6.39. The van der Waals surface area contributed by atoms with Gasteiger partial charge < -0.3 is 4.90 Å². The molecule has 2 spiro atoms. The number of fused-ring (bicyclic) bond motifs is 19. The molecule has 0 atom stereocenters. The lowest BCUT2D eigenvalue weighted by atomic mass is 9.62. The lowest BCUT2D eigenvalue weighted by Crippen LogP contribution is -2.70. The van der Waals surface area contributed by atoms with E-state index in [0.717, 1.165) is 0 Å². The van der Waals surface area contributed by atoms with Gasteiger partial charge in [0.05, 0.1) is 16.8 Å². The molecule has 13 rings (SSSR count). The number of hydrogen-bond donors (Lipinski definition) is 0. The van der Waals surface area contributed by atoms with E-state index in [-0.39, 0.29) is 0 Å². The van der Waals surface area contributed by atoms with Crippen LogP contribution in [-0.2, 0) is 5.41 Å². The number of nitrogens with zero attached hydrogens (tertiary/aromatic N) is 1. The van der Waals surface area contributed by atoms with Gasteiger partial charge in [-0.1, -0.05) is 169 Å². The first-order chi connectivity index (χ1) is 27.8. The predicted octanol–water partition coefficient (Wildman–Crippen LogP) is 10.8. The highest BCUT2D eigenvalue weighted by molar-refractivity contribution is 7.99. The summed E-state index contributed by atoms with van der Waals surface area (Å²) in [5.74, 6) is 0. The first-order valence-corrected chi connectivity index (χ1v) is 22.3. The molecule has 0 fully saturated rings. The summed E-state index contributed by atoms with van der Waals surface area (Å²) < 4.78 is 0. The number of para-hydroxylation sites is 1. The molecule has 0 saturated carbocycles. The van der Waals surface area contributed by atoms with Gasteiger partial charge in [0, 0.05) is 15.5 Å². The first kappa shape index (κ1) is 30.9. The second-order valence-electron chi connectivity index (χ2n) is 15.5. The Labute approximate surface area is 331 Å². The van der Waals surface area contributed by atoms with Crippen LogP contribution in [0.15, 0.2) is 210 Å². The third-order valence-electron chi connectivity index (χ3n) is 13.1. The summed E-state index contributed by atoms with van der Waals surface area (Å²) in [5.41, 5.74) is 14.0. The zero-order valence-electron chi connectivity index (χ0n) is 30.4. The second-order valence-corrected chi connectivity index (χ2v) is 20.3. The fourth-order valence-corrected chi connectivity index (χ4v) is 17.9. The standard InChI is InChI=1S/C53H33NSSi/c1-2-16-35-32-46-44(31-34(35)15-1)53(42-21-7-10-24-47(42)55-48-25-11-8-22-43(48)53)41-20-6-9-23-45(41)54(46)36-29-30-40-39-19-5-14-28-51(39)56(52(40)33-36)49-26-12-3-17-37(49)38-18-4-13-27-50(38)56/h1-33H. The van der Waals surface area contributed by atoms with Crippen LogP contribution in [0.3, 0.4) is 0 Å². The summed E-state index contributed by atoms with van der Waals surface area (Å²) in [6, 6.07) is 76.4. The third-order valence-corrected chi connectivity index (χ3v) is 19.2. The van der Waals surface area contributed by atoms with Crippen molar-refractivity contribution in [2.75, 3.05) is 4.90 Å². The van der Waals surface area contributed by atoms with Crippen molar-refractivity contribution in [2.45, 2.75) is 15.2 Å². The van der Waals surface area contributed by atoms with E-state index < -0.39 is 13.5 Å². The van der Waals surface area contributed by atoms with Gasteiger partial charge in [-0.2, -0.15) is 0 Å². The van der Waals surface area contributed by atoms with Gasteiger partial charge in [0.2, 0.25) is 0 Å². The topological polar surface area (TPSA) is 3.24 Å². The van der Waals surface area contributed by atoms with Crippen LogP contribution in [0.25, 0.3) is 33.0 Å². The van der Waals surface area contributed by atoms with Gasteiger partial charge in [-0.15, -0.1) is 0 Å². The first-order valence-electron chi connectivity index (χ1n) is 19.5. The van der Waals surface area contributed by atoms with Crippen molar-refractivity contribution >= 4 is 68.4 Å². The molecule has 9 aromatic carbocycles. The van der Waals surface area contributed by atoms with Crippen molar-refractivity contribution in [3.05, 3.63) is 222 Å². The highest BCUT2D eigenvalue weighted by Crippen LogP contribution is 2.63. The molecule has 0 radical (unpaired) electrons. The Morgan fingerprint density at radius 1 is 0.357 bits per heavy atom. The quantitative estimate of drug-likeness (QED) is 0.154. The fourth-order valence-electron chi connectivity index (χ4n) is 11.0. The van der Waals surface area contributed by atoms with Crippen LogP contribution in [-0.4, -0.2) is 8.07 Å². The largest absolute Gasteiger partial charge is 0.310 e. The van der Waals surface area contributed by atoms with E-state index >= 15 is 0 Å². The number of anilines is 3. The van der Waals surface area contributed by atoms with Gasteiger partial charge in [0.25, 0.3) is 0 Å². The molecule has 4 heterocycles. The third kappa shape index (κ3) is 3.68. The summed E-state index contributed by atoms with van der Waals surface area (Å²) in [4.78, 5) is 5.22. The maximum Gasteiger partial charge on any atom is 0.182 e. The van der Waals surface area contributed by atoms with E-state index in [9.17, 15) is 0 Å². The fraction of sp³-hybridized carbons (Fsp3) is 0.0189. The maximum atomic E-state index is 2.59. The van der Waals surface area contributed by atoms with E-state index in [1.165, 1.54) is 103 Å². The molecule has 9 aromatic rings. The molecular formula is C53H33NSSi. The molecule has 0 bridgehead atoms. The van der Waals surface area contributed by atoms with E-state index in [4.69, 9.17) is 0 Å². The summed E-state index contributed by atoms with van der Waals surface area (Å²) in [6.07, 6.45) is 0. The number of hydrogen-bond acceptors (Lipinski definition) is 2. The van der Waals surface area contributed by atoms with Gasteiger partial charge in [-0.05, 0) is 118 Å². The highest BCUT2D eigenvalue weighted by Gasteiger charge is 2.55. The minimum absolute atomic E-state index is 0.503. The highest BCUT2D eigenvalue weighted by atomic mass is 32.2. The molecule has 260 valence electrons. The average molecular weight is 744 g/mol. The number of rotatable bonds is 1. The van der Waals surface area contributed by atoms with Gasteiger partial charge >= 0.3 is 0 Å². The van der Waals surface area contributed by atoms with Crippen molar-refractivity contribution in [3.8, 4) is 22.3 Å².